The molecule has 2 aromatic carbocycles. The number of amides is 1. The minimum Gasteiger partial charge on any atom is -0.507 e. The molecule has 8 heteroatoms. The van der Waals surface area contributed by atoms with Crippen LogP contribution in [0, 0.1) is 5.82 Å². The van der Waals surface area contributed by atoms with E-state index in [1.54, 1.807) is 54.7 Å². The van der Waals surface area contributed by atoms with Crippen molar-refractivity contribution in [3.05, 3.63) is 78.4 Å². The minimum atomic E-state index is -0.378. The van der Waals surface area contributed by atoms with E-state index in [0.717, 1.165) is 0 Å². The zero-order chi connectivity index (χ0) is 22.1. The van der Waals surface area contributed by atoms with Gasteiger partial charge in [-0.25, -0.2) is 14.4 Å². The summed E-state index contributed by atoms with van der Waals surface area (Å²) in [5.41, 5.74) is 1.44. The Labute approximate surface area is 185 Å². The highest BCUT2D eigenvalue weighted by molar-refractivity contribution is 5.93. The van der Waals surface area contributed by atoms with E-state index in [1.165, 1.54) is 12.1 Å². The van der Waals surface area contributed by atoms with E-state index in [-0.39, 0.29) is 24.9 Å². The van der Waals surface area contributed by atoms with Crippen molar-refractivity contribution in [2.75, 3.05) is 18.0 Å². The Morgan fingerprint density at radius 1 is 1.12 bits per heavy atom. The zero-order valence-corrected chi connectivity index (χ0v) is 17.1. The van der Waals surface area contributed by atoms with Gasteiger partial charge in [-0.05, 0) is 48.9 Å². The molecule has 0 radical (unpaired) electrons. The van der Waals surface area contributed by atoms with Gasteiger partial charge in [-0.3, -0.25) is 9.78 Å². The lowest BCUT2D eigenvalue weighted by molar-refractivity contribution is 0.0935. The monoisotopic (exact) mass is 431 g/mol. The number of hydrogen-bond acceptors (Lipinski definition) is 6. The fraction of sp³-hybridized carbons (Fsp3) is 0.167. The molecule has 5 rings (SSSR count). The summed E-state index contributed by atoms with van der Waals surface area (Å²) in [5, 5.41) is 13.9. The number of anilines is 1. The van der Waals surface area contributed by atoms with E-state index in [9.17, 15) is 14.3 Å². The first-order valence-corrected chi connectivity index (χ1v) is 10.3. The number of aromatic hydroxyl groups is 1. The fourth-order valence-corrected chi connectivity index (χ4v) is 3.94. The average Bonchev–Trinajstić information content (AvgIpc) is 3.27. The van der Waals surface area contributed by atoms with Crippen LogP contribution < -0.4 is 10.2 Å². The van der Waals surface area contributed by atoms with Crippen molar-refractivity contribution in [3.8, 4) is 17.1 Å². The zero-order valence-electron chi connectivity index (χ0n) is 17.1. The number of nitrogens with zero attached hydrogens (tertiary/aromatic N) is 4. The summed E-state index contributed by atoms with van der Waals surface area (Å²) in [4.78, 5) is 27.8. The highest BCUT2D eigenvalue weighted by Crippen LogP contribution is 2.33. The van der Waals surface area contributed by atoms with Crippen LogP contribution in [-0.4, -0.2) is 45.1 Å². The number of phenolic OH excluding ortho intramolecular Hbond substituents is 1. The molecule has 1 aliphatic rings. The Morgan fingerprint density at radius 3 is 2.78 bits per heavy atom. The Balaban J connectivity index is 0.00000259. The number of carbonyl (C=O) groups is 1. The number of carbonyl (C=O) groups excluding carboxylic acids is 1. The first-order chi connectivity index (χ1) is 15.6. The van der Waals surface area contributed by atoms with Crippen LogP contribution in [0.2, 0.25) is 0 Å². The minimum absolute atomic E-state index is 0. The Morgan fingerprint density at radius 2 is 1.97 bits per heavy atom. The predicted molar refractivity (Wildman–Crippen MR) is 121 cm³/mol. The number of nitrogens with one attached hydrogen (secondary N) is 1. The van der Waals surface area contributed by atoms with E-state index in [2.05, 4.69) is 20.3 Å². The normalized spacial score (nSPS) is 15.8. The third kappa shape index (κ3) is 3.82. The SMILES string of the molecule is O=C(N[C@H]1CCN(c2nc(-c3ccccc3O)nc3ccc(F)cc23)C1)c1ccccn1.[HH]. The van der Waals surface area contributed by atoms with E-state index < -0.39 is 0 Å². The quantitative estimate of drug-likeness (QED) is 0.511. The summed E-state index contributed by atoms with van der Waals surface area (Å²) in [7, 11) is 0. The molecular formula is C24H22FN5O2. The summed E-state index contributed by atoms with van der Waals surface area (Å²) in [5.74, 6) is 0.394. The molecule has 1 atom stereocenters. The molecule has 0 bridgehead atoms. The lowest BCUT2D eigenvalue weighted by Gasteiger charge is -2.21. The number of benzene rings is 2. The van der Waals surface area contributed by atoms with Gasteiger partial charge < -0.3 is 15.3 Å². The number of fused-ring (bicyclic) bond motifs is 1. The molecule has 0 spiro atoms. The lowest BCUT2D eigenvalue weighted by atomic mass is 10.1. The van der Waals surface area contributed by atoms with Gasteiger partial charge in [0.25, 0.3) is 5.91 Å². The summed E-state index contributed by atoms with van der Waals surface area (Å²) >= 11 is 0. The maximum absolute atomic E-state index is 14.0. The molecule has 4 aromatic rings. The fourth-order valence-electron chi connectivity index (χ4n) is 3.94. The molecule has 0 aliphatic carbocycles. The average molecular weight is 431 g/mol. The summed E-state index contributed by atoms with van der Waals surface area (Å²) < 4.78 is 14.0. The topological polar surface area (TPSA) is 91.2 Å². The van der Waals surface area contributed by atoms with Crippen LogP contribution in [0.1, 0.15) is 18.3 Å². The molecule has 2 N–H and O–H groups in total. The first-order valence-electron chi connectivity index (χ1n) is 10.3. The molecule has 32 heavy (non-hydrogen) atoms. The van der Waals surface area contributed by atoms with Gasteiger partial charge in [-0.15, -0.1) is 0 Å². The largest absolute Gasteiger partial charge is 0.507 e. The van der Waals surface area contributed by atoms with Gasteiger partial charge in [-0.1, -0.05) is 18.2 Å². The number of rotatable bonds is 4. The molecule has 0 saturated carbocycles. The number of para-hydroxylation sites is 1. The number of phenols is 1. The van der Waals surface area contributed by atoms with Gasteiger partial charge in [-0.2, -0.15) is 0 Å². The van der Waals surface area contributed by atoms with Crippen molar-refractivity contribution in [2.24, 2.45) is 0 Å². The molecule has 1 fully saturated rings. The number of hydrogen-bond donors (Lipinski definition) is 2. The molecule has 162 valence electrons. The maximum Gasteiger partial charge on any atom is 0.270 e. The molecule has 3 heterocycles. The molecule has 1 amide bonds. The second-order valence-corrected chi connectivity index (χ2v) is 7.67. The van der Waals surface area contributed by atoms with Crippen LogP contribution in [0.25, 0.3) is 22.3 Å². The Kier molecular flexibility index (Phi) is 5.10. The van der Waals surface area contributed by atoms with Crippen molar-refractivity contribution in [1.29, 1.82) is 0 Å². The van der Waals surface area contributed by atoms with Crippen molar-refractivity contribution < 1.29 is 15.7 Å². The van der Waals surface area contributed by atoms with Crippen molar-refractivity contribution >= 4 is 22.6 Å². The third-order valence-electron chi connectivity index (χ3n) is 5.50. The van der Waals surface area contributed by atoms with Crippen LogP contribution in [0.3, 0.4) is 0 Å². The van der Waals surface area contributed by atoms with Gasteiger partial charge in [0, 0.05) is 32.1 Å². The smallest absolute Gasteiger partial charge is 0.270 e. The number of halogens is 1. The second kappa shape index (κ2) is 8.22. The second-order valence-electron chi connectivity index (χ2n) is 7.67. The van der Waals surface area contributed by atoms with Crippen molar-refractivity contribution in [2.45, 2.75) is 12.5 Å². The standard InChI is InChI=1S/C24H20FN5O2.H2/c25-15-8-9-19-18(13-15)23(29-22(28-19)17-5-1-2-7-21(17)31)30-12-10-16(14-30)27-24(32)20-6-3-4-11-26-20;/h1-9,11,13,16,31H,10,12,14H2,(H,27,32);1H/t16-;/m0./s1. The molecule has 2 aromatic heterocycles. The van der Waals surface area contributed by atoms with Crippen LogP contribution in [0.4, 0.5) is 10.2 Å². The first kappa shape index (κ1) is 19.9. The molecule has 1 saturated heterocycles. The Hall–Kier alpha value is -4.07. The van der Waals surface area contributed by atoms with E-state index in [1.807, 2.05) is 4.90 Å². The molecule has 0 unspecified atom stereocenters. The highest BCUT2D eigenvalue weighted by Gasteiger charge is 2.27. The molecule has 1 aliphatic heterocycles. The van der Waals surface area contributed by atoms with Crippen LogP contribution in [0.5, 0.6) is 5.75 Å². The maximum atomic E-state index is 14.0. The number of aromatic nitrogens is 3. The third-order valence-corrected chi connectivity index (χ3v) is 5.50. The molecule has 7 nitrogen and oxygen atoms in total. The molecular weight excluding hydrogens is 409 g/mol. The highest BCUT2D eigenvalue weighted by atomic mass is 19.1. The summed E-state index contributed by atoms with van der Waals surface area (Å²) in [6, 6.07) is 16.3. The van der Waals surface area contributed by atoms with Gasteiger partial charge >= 0.3 is 0 Å². The van der Waals surface area contributed by atoms with Crippen LogP contribution in [-0.2, 0) is 0 Å². The van der Waals surface area contributed by atoms with Gasteiger partial charge in [0.2, 0.25) is 0 Å². The van der Waals surface area contributed by atoms with Crippen LogP contribution >= 0.6 is 0 Å². The van der Waals surface area contributed by atoms with Gasteiger partial charge in [0.15, 0.2) is 5.82 Å². The van der Waals surface area contributed by atoms with Crippen molar-refractivity contribution in [1.82, 2.24) is 20.3 Å². The van der Waals surface area contributed by atoms with E-state index in [0.29, 0.717) is 53.3 Å². The summed E-state index contributed by atoms with van der Waals surface area (Å²) in [6.45, 7) is 1.15. The Bertz CT molecular complexity index is 1300. The van der Waals surface area contributed by atoms with Crippen molar-refractivity contribution in [3.63, 3.8) is 0 Å². The van der Waals surface area contributed by atoms with E-state index >= 15 is 0 Å². The van der Waals surface area contributed by atoms with Crippen LogP contribution in [0.15, 0.2) is 66.9 Å². The predicted octanol–water partition coefficient (Wildman–Crippen LogP) is 3.79. The van der Waals surface area contributed by atoms with E-state index in [4.69, 9.17) is 0 Å². The van der Waals surface area contributed by atoms with Gasteiger partial charge in [0.1, 0.15) is 23.1 Å². The lowest BCUT2D eigenvalue weighted by Crippen LogP contribution is -2.37. The number of pyridine rings is 1. The summed E-state index contributed by atoms with van der Waals surface area (Å²) in [6.07, 6.45) is 2.29. The van der Waals surface area contributed by atoms with Gasteiger partial charge in [0.05, 0.1) is 11.1 Å².